The van der Waals surface area contributed by atoms with Crippen molar-refractivity contribution in [1.29, 1.82) is 0 Å². The van der Waals surface area contributed by atoms with Gasteiger partial charge in [0.05, 0.1) is 12.8 Å². The van der Waals surface area contributed by atoms with E-state index in [0.29, 0.717) is 18.7 Å². The molecule has 2 aromatic rings. The van der Waals surface area contributed by atoms with Gasteiger partial charge in [0.15, 0.2) is 0 Å². The number of aliphatic hydroxyl groups is 2. The van der Waals surface area contributed by atoms with E-state index in [1.165, 1.54) is 5.56 Å². The molecule has 6 nitrogen and oxygen atoms in total. The number of hydrogen-bond acceptors (Lipinski definition) is 5. The van der Waals surface area contributed by atoms with E-state index in [1.54, 1.807) is 6.20 Å². The maximum atomic E-state index is 10.6. The molecule has 0 bridgehead atoms. The largest absolute Gasteiger partial charge is 0.392 e. The van der Waals surface area contributed by atoms with Gasteiger partial charge in [0.25, 0.3) is 0 Å². The lowest BCUT2D eigenvalue weighted by Gasteiger charge is -2.21. The van der Waals surface area contributed by atoms with Gasteiger partial charge in [0.2, 0.25) is 0 Å². The highest BCUT2D eigenvalue weighted by molar-refractivity contribution is 5.22. The minimum Gasteiger partial charge on any atom is -0.392 e. The lowest BCUT2D eigenvalue weighted by atomic mass is 10.00. The average molecular weight is 274 g/mol. The topological polar surface area (TPSA) is 85.3 Å². The Morgan fingerprint density at radius 2 is 2.00 bits per heavy atom. The van der Waals surface area contributed by atoms with Gasteiger partial charge < -0.3 is 10.2 Å². The summed E-state index contributed by atoms with van der Waals surface area (Å²) in [7, 11) is 0. The summed E-state index contributed by atoms with van der Waals surface area (Å²) in [4.78, 5) is 2.20. The smallest absolute Gasteiger partial charge is 0.124 e. The van der Waals surface area contributed by atoms with E-state index in [0.717, 1.165) is 18.7 Å². The average Bonchev–Trinajstić information content (AvgIpc) is 3.11. The molecule has 106 valence electrons. The summed E-state index contributed by atoms with van der Waals surface area (Å²) in [5.74, 6) is 0. The second-order valence-corrected chi connectivity index (χ2v) is 5.32. The second-order valence-electron chi connectivity index (χ2n) is 5.32. The number of β-amino-alcohol motifs (C(OH)–C–C–N with tert-alkyl or cyclic N) is 1. The van der Waals surface area contributed by atoms with Crippen molar-refractivity contribution in [3.8, 4) is 0 Å². The van der Waals surface area contributed by atoms with Crippen molar-refractivity contribution < 1.29 is 10.2 Å². The monoisotopic (exact) mass is 274 g/mol. The molecule has 0 unspecified atom stereocenters. The zero-order valence-electron chi connectivity index (χ0n) is 11.2. The molecule has 0 spiro atoms. The first-order valence-electron chi connectivity index (χ1n) is 6.69. The zero-order chi connectivity index (χ0) is 14.0. The molecular formula is C14H18N4O2. The van der Waals surface area contributed by atoms with Gasteiger partial charge in [-0.05, 0) is 17.5 Å². The standard InChI is InChI=1S/C14H18N4O2/c19-9-12-3-1-11(2-4-12)8-18-6-5-14(20,10-18)13-7-15-17-16-13/h1-4,7,19-20H,5-6,8-10H2,(H,15,16,17)/t14-/m1/s1. The van der Waals surface area contributed by atoms with E-state index < -0.39 is 5.60 Å². The number of aromatic amines is 1. The third kappa shape index (κ3) is 2.58. The Kier molecular flexibility index (Phi) is 3.52. The predicted molar refractivity (Wildman–Crippen MR) is 72.5 cm³/mol. The summed E-state index contributed by atoms with van der Waals surface area (Å²) in [6.07, 6.45) is 2.24. The summed E-state index contributed by atoms with van der Waals surface area (Å²) in [6, 6.07) is 7.88. The molecule has 1 aromatic carbocycles. The Morgan fingerprint density at radius 1 is 1.25 bits per heavy atom. The number of rotatable bonds is 4. The van der Waals surface area contributed by atoms with Gasteiger partial charge in [-0.25, -0.2) is 0 Å². The van der Waals surface area contributed by atoms with E-state index >= 15 is 0 Å². The van der Waals surface area contributed by atoms with Gasteiger partial charge in [-0.15, -0.1) is 0 Å². The quantitative estimate of drug-likeness (QED) is 0.751. The maximum absolute atomic E-state index is 10.6. The first kappa shape index (κ1) is 13.2. The minimum absolute atomic E-state index is 0.0654. The van der Waals surface area contributed by atoms with Crippen LogP contribution in [0.1, 0.15) is 23.2 Å². The van der Waals surface area contributed by atoms with Crippen LogP contribution in [0.5, 0.6) is 0 Å². The predicted octanol–water partition coefficient (Wildman–Crippen LogP) is 0.390. The van der Waals surface area contributed by atoms with E-state index in [9.17, 15) is 5.11 Å². The number of likely N-dealkylation sites (tertiary alicyclic amines) is 1. The summed E-state index contributed by atoms with van der Waals surface area (Å²) < 4.78 is 0. The lowest BCUT2D eigenvalue weighted by Crippen LogP contribution is -2.31. The molecule has 1 fully saturated rings. The molecule has 1 atom stereocenters. The Balaban J connectivity index is 1.65. The van der Waals surface area contributed by atoms with Crippen molar-refractivity contribution in [2.24, 2.45) is 0 Å². The van der Waals surface area contributed by atoms with Crippen molar-refractivity contribution in [2.75, 3.05) is 13.1 Å². The molecule has 0 saturated carbocycles. The number of aromatic nitrogens is 3. The molecule has 2 heterocycles. The molecule has 1 aliphatic rings. The van der Waals surface area contributed by atoms with Crippen molar-refractivity contribution in [1.82, 2.24) is 20.3 Å². The van der Waals surface area contributed by atoms with Crippen molar-refractivity contribution >= 4 is 0 Å². The van der Waals surface area contributed by atoms with Crippen LogP contribution < -0.4 is 0 Å². The van der Waals surface area contributed by atoms with Gasteiger partial charge in [-0.3, -0.25) is 4.90 Å². The maximum Gasteiger partial charge on any atom is 0.124 e. The van der Waals surface area contributed by atoms with Crippen LogP contribution in [0.2, 0.25) is 0 Å². The molecule has 0 amide bonds. The number of hydrogen-bond donors (Lipinski definition) is 3. The van der Waals surface area contributed by atoms with Crippen LogP contribution in [0.15, 0.2) is 30.5 Å². The van der Waals surface area contributed by atoms with Gasteiger partial charge >= 0.3 is 0 Å². The molecule has 3 N–H and O–H groups in total. The molecule has 6 heteroatoms. The van der Waals surface area contributed by atoms with Crippen LogP contribution in [-0.4, -0.2) is 43.6 Å². The van der Waals surface area contributed by atoms with Crippen LogP contribution in [0, 0.1) is 0 Å². The van der Waals surface area contributed by atoms with Gasteiger partial charge in [0.1, 0.15) is 11.3 Å². The normalized spacial score (nSPS) is 23.3. The van der Waals surface area contributed by atoms with Crippen LogP contribution in [0.4, 0.5) is 0 Å². The van der Waals surface area contributed by atoms with E-state index in [2.05, 4.69) is 20.3 Å². The van der Waals surface area contributed by atoms with Crippen molar-refractivity contribution in [3.63, 3.8) is 0 Å². The van der Waals surface area contributed by atoms with Crippen molar-refractivity contribution in [3.05, 3.63) is 47.3 Å². The minimum atomic E-state index is -0.905. The molecule has 3 rings (SSSR count). The van der Waals surface area contributed by atoms with Gasteiger partial charge in [0, 0.05) is 19.6 Å². The third-order valence-electron chi connectivity index (χ3n) is 3.83. The summed E-state index contributed by atoms with van der Waals surface area (Å²) >= 11 is 0. The number of aliphatic hydroxyl groups excluding tert-OH is 1. The van der Waals surface area contributed by atoms with Crippen LogP contribution in [0.25, 0.3) is 0 Å². The number of nitrogens with one attached hydrogen (secondary N) is 1. The molecule has 1 aliphatic heterocycles. The SMILES string of the molecule is OCc1ccc(CN2CC[C@](O)(c3cn[nH]n3)C2)cc1. The molecule has 1 aromatic heterocycles. The third-order valence-corrected chi connectivity index (χ3v) is 3.83. The highest BCUT2D eigenvalue weighted by atomic mass is 16.3. The first-order chi connectivity index (χ1) is 9.69. The lowest BCUT2D eigenvalue weighted by molar-refractivity contribution is 0.0409. The summed E-state index contributed by atoms with van der Waals surface area (Å²) in [5, 5.41) is 29.9. The highest BCUT2D eigenvalue weighted by Gasteiger charge is 2.39. The second kappa shape index (κ2) is 5.32. The van der Waals surface area contributed by atoms with Gasteiger partial charge in [-0.1, -0.05) is 24.3 Å². The van der Waals surface area contributed by atoms with Crippen LogP contribution >= 0.6 is 0 Å². The van der Waals surface area contributed by atoms with Gasteiger partial charge in [-0.2, -0.15) is 15.4 Å². The Bertz CT molecular complexity index is 555. The zero-order valence-corrected chi connectivity index (χ0v) is 11.2. The fourth-order valence-corrected chi connectivity index (χ4v) is 2.65. The summed E-state index contributed by atoms with van der Waals surface area (Å²) in [5.41, 5.74) is 1.79. The highest BCUT2D eigenvalue weighted by Crippen LogP contribution is 2.30. The molecule has 0 aliphatic carbocycles. The van der Waals surface area contributed by atoms with Crippen molar-refractivity contribution in [2.45, 2.75) is 25.2 Å². The fraction of sp³-hybridized carbons (Fsp3) is 0.429. The first-order valence-corrected chi connectivity index (χ1v) is 6.69. The Morgan fingerprint density at radius 3 is 2.65 bits per heavy atom. The van der Waals surface area contributed by atoms with E-state index in [1.807, 2.05) is 24.3 Å². The fourth-order valence-electron chi connectivity index (χ4n) is 2.65. The number of nitrogens with zero attached hydrogens (tertiary/aromatic N) is 3. The number of benzene rings is 1. The molecule has 20 heavy (non-hydrogen) atoms. The summed E-state index contributed by atoms with van der Waals surface area (Å²) in [6.45, 7) is 2.23. The molecule has 0 radical (unpaired) electrons. The van der Waals surface area contributed by atoms with Crippen LogP contribution in [0.3, 0.4) is 0 Å². The number of H-pyrrole nitrogens is 1. The molecule has 1 saturated heterocycles. The van der Waals surface area contributed by atoms with Crippen LogP contribution in [-0.2, 0) is 18.8 Å². The Labute approximate surface area is 117 Å². The van der Waals surface area contributed by atoms with E-state index in [4.69, 9.17) is 5.11 Å². The molecular weight excluding hydrogens is 256 g/mol. The Hall–Kier alpha value is -1.76. The van der Waals surface area contributed by atoms with E-state index in [-0.39, 0.29) is 6.61 Å².